The molecule has 4 N–H and O–H groups in total. The second-order valence-corrected chi connectivity index (χ2v) is 7.49. The number of nitrogens with one attached hydrogen (secondary N) is 3. The fourth-order valence-electron chi connectivity index (χ4n) is 3.44. The van der Waals surface area contributed by atoms with Crippen LogP contribution in [-0.2, 0) is 14.3 Å². The summed E-state index contributed by atoms with van der Waals surface area (Å²) < 4.78 is 20.8. The Balaban J connectivity index is 1.67. The van der Waals surface area contributed by atoms with Gasteiger partial charge in [0.2, 0.25) is 0 Å². The first-order valence-corrected chi connectivity index (χ1v) is 10.6. The summed E-state index contributed by atoms with van der Waals surface area (Å²) in [6, 6.07) is 8.16. The number of amides is 3. The number of phenolic OH excluding ortho intramolecular Hbond substituents is 1. The number of rotatable bonds is 9. The lowest BCUT2D eigenvalue weighted by Gasteiger charge is -2.28. The fraction of sp³-hybridized carbons (Fsp3) is 0.250. The van der Waals surface area contributed by atoms with Gasteiger partial charge in [0.25, 0.3) is 5.91 Å². The molecule has 1 aliphatic rings. The first kappa shape index (κ1) is 25.9. The maximum Gasteiger partial charge on any atom is 0.337 e. The van der Waals surface area contributed by atoms with E-state index in [1.54, 1.807) is 37.3 Å². The summed E-state index contributed by atoms with van der Waals surface area (Å²) in [7, 11) is 4.10. The smallest absolute Gasteiger partial charge is 0.337 e. The average molecular weight is 498 g/mol. The molecule has 1 aliphatic heterocycles. The van der Waals surface area contributed by atoms with Crippen molar-refractivity contribution in [2.75, 3.05) is 27.9 Å². The third-order valence-electron chi connectivity index (χ3n) is 5.16. The van der Waals surface area contributed by atoms with Crippen molar-refractivity contribution in [3.05, 3.63) is 58.8 Å². The third-order valence-corrected chi connectivity index (χ3v) is 5.16. The van der Waals surface area contributed by atoms with Crippen molar-refractivity contribution in [1.82, 2.24) is 16.1 Å². The van der Waals surface area contributed by atoms with Gasteiger partial charge in [0.15, 0.2) is 29.6 Å². The lowest BCUT2D eigenvalue weighted by molar-refractivity contribution is -0.136. The Bertz CT molecular complexity index is 1220. The number of phenols is 1. The molecule has 3 amide bonds. The molecule has 0 aromatic heterocycles. The van der Waals surface area contributed by atoms with Gasteiger partial charge in [-0.15, -0.1) is 0 Å². The lowest BCUT2D eigenvalue weighted by atomic mass is 9.95. The largest absolute Gasteiger partial charge is 0.504 e. The summed E-state index contributed by atoms with van der Waals surface area (Å²) in [5, 5.41) is 18.7. The van der Waals surface area contributed by atoms with E-state index in [1.165, 1.54) is 33.6 Å². The van der Waals surface area contributed by atoms with Crippen molar-refractivity contribution in [3.63, 3.8) is 0 Å². The first-order chi connectivity index (χ1) is 17.3. The van der Waals surface area contributed by atoms with Gasteiger partial charge in [-0.05, 0) is 48.4 Å². The molecular formula is C24H26N4O8. The maximum atomic E-state index is 12.3. The molecule has 2 aromatic carbocycles. The van der Waals surface area contributed by atoms with E-state index in [0.29, 0.717) is 16.8 Å². The standard InChI is InChI=1S/C24H26N4O8/c1-13-21(23(31)35-4)22(27-24(32)26-13)15-6-8-17(19(10-15)34-3)36-12-20(30)28-25-11-14-5-7-16(29)18(9-14)33-2/h5-11,22,29H,12H2,1-4H3,(H,28,30)(H2,26,27,32)/b25-11-/t22-/m0/s1. The van der Waals surface area contributed by atoms with Crippen LogP contribution >= 0.6 is 0 Å². The SMILES string of the molecule is COC(=O)C1=C(C)NC(=O)N[C@H]1c1ccc(OCC(=O)N/N=C\c2ccc(O)c(OC)c2)c(OC)c1. The summed E-state index contributed by atoms with van der Waals surface area (Å²) in [5.41, 5.74) is 4.11. The lowest BCUT2D eigenvalue weighted by Crippen LogP contribution is -2.45. The molecule has 2 aromatic rings. The van der Waals surface area contributed by atoms with Gasteiger partial charge in [-0.25, -0.2) is 15.0 Å². The van der Waals surface area contributed by atoms with Crippen molar-refractivity contribution in [1.29, 1.82) is 0 Å². The highest BCUT2D eigenvalue weighted by atomic mass is 16.5. The summed E-state index contributed by atoms with van der Waals surface area (Å²) in [4.78, 5) is 36.4. The molecule has 0 radical (unpaired) electrons. The highest BCUT2D eigenvalue weighted by Gasteiger charge is 2.32. The predicted octanol–water partition coefficient (Wildman–Crippen LogP) is 1.74. The highest BCUT2D eigenvalue weighted by Crippen LogP contribution is 2.34. The van der Waals surface area contributed by atoms with Crippen LogP contribution in [0.3, 0.4) is 0 Å². The van der Waals surface area contributed by atoms with Crippen LogP contribution in [0, 0.1) is 0 Å². The molecule has 1 atom stereocenters. The molecule has 0 bridgehead atoms. The molecule has 0 saturated carbocycles. The van der Waals surface area contributed by atoms with Crippen molar-refractivity contribution in [3.8, 4) is 23.0 Å². The van der Waals surface area contributed by atoms with Gasteiger partial charge in [-0.2, -0.15) is 5.10 Å². The van der Waals surface area contributed by atoms with Crippen molar-refractivity contribution < 1.29 is 38.4 Å². The minimum absolute atomic E-state index is 0.0118. The minimum Gasteiger partial charge on any atom is -0.504 e. The topological polar surface area (TPSA) is 157 Å². The van der Waals surface area contributed by atoms with Gasteiger partial charge < -0.3 is 34.7 Å². The number of hydrogen-bond acceptors (Lipinski definition) is 9. The number of carbonyl (C=O) groups is 3. The number of ether oxygens (including phenoxy) is 4. The zero-order chi connectivity index (χ0) is 26.2. The number of benzene rings is 2. The van der Waals surface area contributed by atoms with Crippen LogP contribution in [0.2, 0.25) is 0 Å². The molecule has 0 spiro atoms. The zero-order valence-corrected chi connectivity index (χ0v) is 20.1. The third kappa shape index (κ3) is 6.03. The average Bonchev–Trinajstić information content (AvgIpc) is 2.87. The van der Waals surface area contributed by atoms with E-state index in [2.05, 4.69) is 21.2 Å². The maximum absolute atomic E-state index is 12.3. The van der Waals surface area contributed by atoms with Gasteiger partial charge in [0, 0.05) is 5.70 Å². The van der Waals surface area contributed by atoms with E-state index in [-0.39, 0.29) is 35.2 Å². The highest BCUT2D eigenvalue weighted by molar-refractivity contribution is 5.95. The van der Waals surface area contributed by atoms with E-state index in [9.17, 15) is 19.5 Å². The quantitative estimate of drug-likeness (QED) is 0.231. The van der Waals surface area contributed by atoms with Gasteiger partial charge in [0.1, 0.15) is 0 Å². The number of allylic oxidation sites excluding steroid dienone is 1. The zero-order valence-electron chi connectivity index (χ0n) is 20.1. The Kier molecular flexibility index (Phi) is 8.34. The molecule has 1 heterocycles. The number of hydrogen-bond donors (Lipinski definition) is 4. The number of nitrogens with zero attached hydrogens (tertiary/aromatic N) is 1. The van der Waals surface area contributed by atoms with E-state index >= 15 is 0 Å². The molecule has 0 saturated heterocycles. The van der Waals surface area contributed by atoms with E-state index in [1.807, 2.05) is 0 Å². The van der Waals surface area contributed by atoms with Gasteiger partial charge in [-0.1, -0.05) is 6.07 Å². The number of hydrazone groups is 1. The van der Waals surface area contributed by atoms with Crippen LogP contribution < -0.4 is 30.3 Å². The van der Waals surface area contributed by atoms with Gasteiger partial charge in [-0.3, -0.25) is 4.79 Å². The predicted molar refractivity (Wildman–Crippen MR) is 128 cm³/mol. The van der Waals surface area contributed by atoms with E-state index in [0.717, 1.165) is 0 Å². The Morgan fingerprint density at radius 3 is 2.53 bits per heavy atom. The molecule has 36 heavy (non-hydrogen) atoms. The molecule has 12 nitrogen and oxygen atoms in total. The summed E-state index contributed by atoms with van der Waals surface area (Å²) in [5.74, 6) is -0.300. The normalized spacial score (nSPS) is 15.1. The molecule has 0 aliphatic carbocycles. The van der Waals surface area contributed by atoms with Crippen molar-refractivity contribution in [2.24, 2.45) is 5.10 Å². The summed E-state index contributed by atoms with van der Waals surface area (Å²) >= 11 is 0. The van der Waals surface area contributed by atoms with Crippen LogP contribution in [0.25, 0.3) is 0 Å². The Hall–Kier alpha value is -4.74. The molecular weight excluding hydrogens is 472 g/mol. The number of esters is 1. The van der Waals surface area contributed by atoms with Crippen LogP contribution in [0.1, 0.15) is 24.1 Å². The number of aromatic hydroxyl groups is 1. The fourth-order valence-corrected chi connectivity index (χ4v) is 3.44. The second kappa shape index (κ2) is 11.6. The Morgan fingerprint density at radius 2 is 1.83 bits per heavy atom. The second-order valence-electron chi connectivity index (χ2n) is 7.49. The van der Waals surface area contributed by atoms with Crippen LogP contribution in [0.4, 0.5) is 4.79 Å². The minimum atomic E-state index is -0.773. The molecule has 0 unspecified atom stereocenters. The molecule has 0 fully saturated rings. The van der Waals surface area contributed by atoms with E-state index < -0.39 is 23.9 Å². The molecule has 190 valence electrons. The molecule has 12 heteroatoms. The summed E-state index contributed by atoms with van der Waals surface area (Å²) in [6.07, 6.45) is 1.39. The van der Waals surface area contributed by atoms with Crippen LogP contribution in [-0.4, -0.2) is 57.2 Å². The number of methoxy groups -OCH3 is 3. The Morgan fingerprint density at radius 1 is 1.08 bits per heavy atom. The first-order valence-electron chi connectivity index (χ1n) is 10.6. The number of carbonyl (C=O) groups excluding carboxylic acids is 3. The van der Waals surface area contributed by atoms with Crippen LogP contribution in [0.5, 0.6) is 23.0 Å². The van der Waals surface area contributed by atoms with Crippen molar-refractivity contribution in [2.45, 2.75) is 13.0 Å². The monoisotopic (exact) mass is 498 g/mol. The van der Waals surface area contributed by atoms with Crippen molar-refractivity contribution >= 4 is 24.1 Å². The number of urea groups is 1. The van der Waals surface area contributed by atoms with E-state index in [4.69, 9.17) is 18.9 Å². The summed E-state index contributed by atoms with van der Waals surface area (Å²) in [6.45, 7) is 1.24. The van der Waals surface area contributed by atoms with Crippen LogP contribution in [0.15, 0.2) is 52.8 Å². The molecule has 3 rings (SSSR count). The van der Waals surface area contributed by atoms with Gasteiger partial charge in [0.05, 0.1) is 39.2 Å². The van der Waals surface area contributed by atoms with Gasteiger partial charge >= 0.3 is 12.0 Å². The Labute approximate surface area is 206 Å².